The minimum absolute atomic E-state index is 0.181. The highest BCUT2D eigenvalue weighted by molar-refractivity contribution is 5.69. The number of nitrogens with one attached hydrogen (secondary N) is 1. The second-order valence-corrected chi connectivity index (χ2v) is 10.2. The van der Waals surface area contributed by atoms with Crippen LogP contribution < -0.4 is 5.32 Å². The standard InChI is InChI=1S/C32H55N3O17/c1-41-32(36)4-6-42-8-10-44-12-14-46-16-18-48-20-22-50-24-26-52-27-25-51-23-21-49-19-17-47-15-13-45-11-9-43-7-5-33-30-3-2-29(34(37)38)28-31(30)35(39)40/h2-3,28,33H,4-27H2,1H3. The SMILES string of the molecule is COC(=O)CCOCCOCCOCCOCCOCCOCCOCCOCCOCCOCCOCCNc1ccc([N+](=O)[O-])cc1[N+](=O)[O-]. The van der Waals surface area contributed by atoms with Crippen LogP contribution in [0, 0.1) is 20.2 Å². The number of carbonyl (C=O) groups excluding carboxylic acids is 1. The third kappa shape index (κ3) is 28.4. The van der Waals surface area contributed by atoms with Gasteiger partial charge in [0.05, 0.1) is 175 Å². The number of ether oxygens (including phenoxy) is 12. The molecule has 0 bridgehead atoms. The molecular formula is C32H55N3O17. The van der Waals surface area contributed by atoms with E-state index in [-0.39, 0.29) is 42.6 Å². The van der Waals surface area contributed by atoms with Crippen molar-refractivity contribution in [2.75, 3.05) is 164 Å². The van der Waals surface area contributed by atoms with Gasteiger partial charge in [-0.25, -0.2) is 0 Å². The van der Waals surface area contributed by atoms with Crippen molar-refractivity contribution in [3.05, 3.63) is 38.4 Å². The summed E-state index contributed by atoms with van der Waals surface area (Å²) in [4.78, 5) is 31.5. The molecule has 0 heterocycles. The number of carbonyl (C=O) groups is 1. The Morgan fingerprint density at radius 2 is 0.846 bits per heavy atom. The number of benzene rings is 1. The van der Waals surface area contributed by atoms with Crippen molar-refractivity contribution in [1.82, 2.24) is 0 Å². The number of esters is 1. The van der Waals surface area contributed by atoms with Gasteiger partial charge in [0.15, 0.2) is 0 Å². The second-order valence-electron chi connectivity index (χ2n) is 10.2. The first kappa shape index (κ1) is 46.9. The first-order valence-corrected chi connectivity index (χ1v) is 17.0. The smallest absolute Gasteiger partial charge is 0.307 e. The van der Waals surface area contributed by atoms with Gasteiger partial charge in [-0.3, -0.25) is 25.0 Å². The molecule has 300 valence electrons. The molecule has 20 heteroatoms. The minimum atomic E-state index is -0.684. The zero-order valence-electron chi connectivity index (χ0n) is 30.0. The number of rotatable bonds is 39. The molecule has 0 saturated heterocycles. The molecular weight excluding hydrogens is 698 g/mol. The molecule has 0 atom stereocenters. The van der Waals surface area contributed by atoms with E-state index in [0.717, 1.165) is 6.07 Å². The van der Waals surface area contributed by atoms with E-state index in [1.54, 1.807) is 0 Å². The Bertz CT molecular complexity index is 1040. The van der Waals surface area contributed by atoms with Gasteiger partial charge in [-0.1, -0.05) is 0 Å². The van der Waals surface area contributed by atoms with E-state index in [2.05, 4.69) is 10.1 Å². The average Bonchev–Trinajstić information content (AvgIpc) is 3.14. The lowest BCUT2D eigenvalue weighted by Crippen LogP contribution is -2.16. The van der Waals surface area contributed by atoms with Gasteiger partial charge in [-0.05, 0) is 6.07 Å². The summed E-state index contributed by atoms with van der Waals surface area (Å²) >= 11 is 0. The van der Waals surface area contributed by atoms with Crippen molar-refractivity contribution >= 4 is 23.0 Å². The Labute approximate surface area is 303 Å². The van der Waals surface area contributed by atoms with E-state index in [0.29, 0.717) is 139 Å². The summed E-state index contributed by atoms with van der Waals surface area (Å²) in [6.45, 7) is 9.61. The number of methoxy groups -OCH3 is 1. The lowest BCUT2D eigenvalue weighted by Gasteiger charge is -2.09. The van der Waals surface area contributed by atoms with Crippen molar-refractivity contribution in [2.45, 2.75) is 6.42 Å². The lowest BCUT2D eigenvalue weighted by atomic mass is 10.2. The number of hydrogen-bond acceptors (Lipinski definition) is 18. The number of anilines is 1. The van der Waals surface area contributed by atoms with Crippen molar-refractivity contribution in [3.8, 4) is 0 Å². The molecule has 0 amide bonds. The number of non-ortho nitro benzene ring substituents is 1. The van der Waals surface area contributed by atoms with Gasteiger partial charge in [-0.15, -0.1) is 0 Å². The monoisotopic (exact) mass is 753 g/mol. The Balaban J connectivity index is 1.71. The summed E-state index contributed by atoms with van der Waals surface area (Å²) < 4.78 is 64.1. The topological polar surface area (TPSA) is 226 Å². The third-order valence-electron chi connectivity index (χ3n) is 6.35. The van der Waals surface area contributed by atoms with Gasteiger partial charge in [0.25, 0.3) is 11.4 Å². The molecule has 0 aliphatic rings. The van der Waals surface area contributed by atoms with E-state index in [9.17, 15) is 25.0 Å². The van der Waals surface area contributed by atoms with Gasteiger partial charge >= 0.3 is 5.97 Å². The van der Waals surface area contributed by atoms with E-state index >= 15 is 0 Å². The maximum absolute atomic E-state index is 11.1. The quantitative estimate of drug-likeness (QED) is 0.0436. The zero-order valence-corrected chi connectivity index (χ0v) is 30.0. The molecule has 1 rings (SSSR count). The number of nitro benzene ring substituents is 2. The molecule has 52 heavy (non-hydrogen) atoms. The molecule has 1 N–H and O–H groups in total. The molecule has 0 aromatic heterocycles. The number of hydrogen-bond donors (Lipinski definition) is 1. The van der Waals surface area contributed by atoms with Gasteiger partial charge in [0.1, 0.15) is 5.69 Å². The summed E-state index contributed by atoms with van der Waals surface area (Å²) in [6.07, 6.45) is 0.232. The summed E-state index contributed by atoms with van der Waals surface area (Å²) in [5.74, 6) is -0.298. The molecule has 0 saturated carbocycles. The largest absolute Gasteiger partial charge is 0.469 e. The lowest BCUT2D eigenvalue weighted by molar-refractivity contribution is -0.393. The van der Waals surface area contributed by atoms with Crippen LogP contribution in [-0.4, -0.2) is 175 Å². The molecule has 1 aromatic carbocycles. The number of nitro groups is 2. The van der Waals surface area contributed by atoms with Crippen LogP contribution in [0.2, 0.25) is 0 Å². The fourth-order valence-electron chi connectivity index (χ4n) is 3.75. The predicted octanol–water partition coefficient (Wildman–Crippen LogP) is 1.66. The maximum atomic E-state index is 11.1. The van der Waals surface area contributed by atoms with Gasteiger partial charge < -0.3 is 62.2 Å². The van der Waals surface area contributed by atoms with Crippen LogP contribution in [-0.2, 0) is 61.6 Å². The van der Waals surface area contributed by atoms with Crippen molar-refractivity contribution in [1.29, 1.82) is 0 Å². The molecule has 0 aliphatic heterocycles. The van der Waals surface area contributed by atoms with Crippen LogP contribution in [0.3, 0.4) is 0 Å². The van der Waals surface area contributed by atoms with Crippen LogP contribution in [0.5, 0.6) is 0 Å². The first-order valence-electron chi connectivity index (χ1n) is 17.0. The Kier molecular flexibility index (Phi) is 31.5. The van der Waals surface area contributed by atoms with Crippen LogP contribution in [0.1, 0.15) is 6.42 Å². The summed E-state index contributed by atoms with van der Waals surface area (Å²) in [5.41, 5.74) is -0.537. The highest BCUT2D eigenvalue weighted by Gasteiger charge is 2.19. The molecule has 0 aliphatic carbocycles. The maximum Gasteiger partial charge on any atom is 0.307 e. The second kappa shape index (κ2) is 34.9. The summed E-state index contributed by atoms with van der Waals surface area (Å²) in [7, 11) is 1.34. The fourth-order valence-corrected chi connectivity index (χ4v) is 3.75. The van der Waals surface area contributed by atoms with Gasteiger partial charge in [0.2, 0.25) is 0 Å². The first-order chi connectivity index (χ1) is 25.5. The molecule has 20 nitrogen and oxygen atoms in total. The van der Waals surface area contributed by atoms with Gasteiger partial charge in [0, 0.05) is 12.6 Å². The zero-order chi connectivity index (χ0) is 37.7. The van der Waals surface area contributed by atoms with E-state index in [1.807, 2.05) is 0 Å². The molecule has 0 unspecified atom stereocenters. The van der Waals surface area contributed by atoms with Gasteiger partial charge in [-0.2, -0.15) is 0 Å². The van der Waals surface area contributed by atoms with Crippen LogP contribution >= 0.6 is 0 Å². The third-order valence-corrected chi connectivity index (χ3v) is 6.35. The average molecular weight is 754 g/mol. The molecule has 0 spiro atoms. The summed E-state index contributed by atoms with van der Waals surface area (Å²) in [6, 6.07) is 3.42. The van der Waals surface area contributed by atoms with Crippen LogP contribution in [0.25, 0.3) is 0 Å². The van der Waals surface area contributed by atoms with Crippen LogP contribution in [0.4, 0.5) is 17.1 Å². The van der Waals surface area contributed by atoms with Crippen molar-refractivity contribution in [2.24, 2.45) is 0 Å². The Morgan fingerprint density at radius 3 is 1.15 bits per heavy atom. The molecule has 0 fully saturated rings. The van der Waals surface area contributed by atoms with Crippen LogP contribution in [0.15, 0.2) is 18.2 Å². The Hall–Kier alpha value is -3.15. The summed E-state index contributed by atoms with van der Waals surface area (Å²) in [5, 5.41) is 24.8. The fraction of sp³-hybridized carbons (Fsp3) is 0.781. The molecule has 0 radical (unpaired) electrons. The molecule has 1 aromatic rings. The van der Waals surface area contributed by atoms with E-state index in [1.165, 1.54) is 19.2 Å². The predicted molar refractivity (Wildman–Crippen MR) is 184 cm³/mol. The van der Waals surface area contributed by atoms with E-state index in [4.69, 9.17) is 52.1 Å². The van der Waals surface area contributed by atoms with Crippen molar-refractivity contribution in [3.63, 3.8) is 0 Å². The van der Waals surface area contributed by atoms with Crippen molar-refractivity contribution < 1.29 is 71.5 Å². The normalized spacial score (nSPS) is 11.2. The minimum Gasteiger partial charge on any atom is -0.469 e. The Morgan fingerprint density at radius 1 is 0.519 bits per heavy atom. The highest BCUT2D eigenvalue weighted by Crippen LogP contribution is 2.28. The highest BCUT2D eigenvalue weighted by atomic mass is 16.6. The number of nitrogens with zero attached hydrogens (tertiary/aromatic N) is 2. The van der Waals surface area contributed by atoms with E-state index < -0.39 is 9.85 Å².